The van der Waals surface area contributed by atoms with Gasteiger partial charge < -0.3 is 10.1 Å². The Kier molecular flexibility index (Phi) is 5.79. The van der Waals surface area contributed by atoms with E-state index < -0.39 is 47.4 Å². The van der Waals surface area contributed by atoms with E-state index in [1.165, 1.54) is 19.2 Å². The first kappa shape index (κ1) is 20.8. The number of para-hydroxylation sites is 1. The summed E-state index contributed by atoms with van der Waals surface area (Å²) in [5.74, 6) is -1.12. The average molecular weight is 428 g/mol. The van der Waals surface area contributed by atoms with Crippen LogP contribution in [0.1, 0.15) is 11.1 Å². The van der Waals surface area contributed by atoms with E-state index in [4.69, 9.17) is 4.74 Å². The molecule has 1 heterocycles. The van der Waals surface area contributed by atoms with Gasteiger partial charge in [0, 0.05) is 18.2 Å². The zero-order chi connectivity index (χ0) is 20.5. The third-order valence-electron chi connectivity index (χ3n) is 4.84. The summed E-state index contributed by atoms with van der Waals surface area (Å²) >= 11 is 0. The first-order valence-corrected chi connectivity index (χ1v) is 12.1. The molecule has 0 aliphatic carbocycles. The minimum Gasteiger partial charge on any atom is -0.496 e. The van der Waals surface area contributed by atoms with E-state index in [2.05, 4.69) is 5.32 Å². The fraction of sp³-hybridized carbons (Fsp3) is 0.368. The Balaban J connectivity index is 1.91. The molecule has 0 spiro atoms. The zero-order valence-corrected chi connectivity index (χ0v) is 17.2. The highest BCUT2D eigenvalue weighted by Crippen LogP contribution is 2.29. The van der Waals surface area contributed by atoms with Gasteiger partial charge in [-0.25, -0.2) is 21.2 Å². The Morgan fingerprint density at radius 2 is 1.89 bits per heavy atom. The van der Waals surface area contributed by atoms with Crippen molar-refractivity contribution in [2.45, 2.75) is 29.7 Å². The van der Waals surface area contributed by atoms with Gasteiger partial charge in [0.2, 0.25) is 0 Å². The number of hydrogen-bond acceptors (Lipinski definition) is 6. The molecule has 28 heavy (non-hydrogen) atoms. The Morgan fingerprint density at radius 3 is 2.61 bits per heavy atom. The van der Waals surface area contributed by atoms with Crippen molar-refractivity contribution < 1.29 is 26.0 Å². The van der Waals surface area contributed by atoms with Crippen LogP contribution in [-0.2, 0) is 26.2 Å². The maximum Gasteiger partial charge on any atom is 0.186 e. The Bertz CT molecular complexity index is 1080. The maximum absolute atomic E-state index is 14.2. The molecule has 6 nitrogen and oxygen atoms in total. The Labute approximate surface area is 164 Å². The summed E-state index contributed by atoms with van der Waals surface area (Å²) in [7, 11) is -6.23. The van der Waals surface area contributed by atoms with Gasteiger partial charge in [-0.3, -0.25) is 0 Å². The monoisotopic (exact) mass is 427 g/mol. The molecule has 0 saturated carbocycles. The third kappa shape index (κ3) is 4.21. The molecular formula is C19H22FNO5S2. The van der Waals surface area contributed by atoms with Crippen molar-refractivity contribution in [1.29, 1.82) is 0 Å². The number of ether oxygens (including phenoxy) is 1. The van der Waals surface area contributed by atoms with Gasteiger partial charge in [-0.2, -0.15) is 0 Å². The fourth-order valence-electron chi connectivity index (χ4n) is 3.39. The van der Waals surface area contributed by atoms with Gasteiger partial charge in [0.1, 0.15) is 16.5 Å². The number of nitrogens with one attached hydrogen (secondary N) is 1. The molecule has 1 aliphatic rings. The van der Waals surface area contributed by atoms with Crippen LogP contribution in [-0.4, -0.2) is 46.7 Å². The molecule has 3 rings (SSSR count). The van der Waals surface area contributed by atoms with Gasteiger partial charge in [-0.05, 0) is 30.7 Å². The highest BCUT2D eigenvalue weighted by Gasteiger charge is 2.46. The van der Waals surface area contributed by atoms with Crippen LogP contribution in [0.15, 0.2) is 47.4 Å². The Morgan fingerprint density at radius 1 is 1.18 bits per heavy atom. The largest absolute Gasteiger partial charge is 0.496 e. The number of hydrogen-bond donors (Lipinski definition) is 1. The van der Waals surface area contributed by atoms with Crippen LogP contribution < -0.4 is 10.1 Å². The lowest BCUT2D eigenvalue weighted by atomic mass is 10.1. The van der Waals surface area contributed by atoms with Crippen LogP contribution in [0.25, 0.3) is 0 Å². The quantitative estimate of drug-likeness (QED) is 0.757. The SMILES string of the molecule is COc1ccccc1CN[C@H]1CS(=O)(=O)C[C@@H]1S(=O)(=O)c1cc(C)ccc1F. The van der Waals surface area contributed by atoms with Crippen LogP contribution in [0.5, 0.6) is 5.75 Å². The molecule has 0 bridgehead atoms. The number of halogens is 1. The minimum atomic E-state index is -4.18. The van der Waals surface area contributed by atoms with Crippen LogP contribution in [0.4, 0.5) is 4.39 Å². The molecule has 2 aromatic rings. The predicted octanol–water partition coefficient (Wildman–Crippen LogP) is 1.87. The fourth-order valence-corrected chi connectivity index (χ4v) is 8.26. The molecule has 0 aromatic heterocycles. The van der Waals surface area contributed by atoms with E-state index in [1.807, 2.05) is 0 Å². The molecule has 1 saturated heterocycles. The highest BCUT2D eigenvalue weighted by molar-refractivity contribution is 7.96. The van der Waals surface area contributed by atoms with Crippen LogP contribution >= 0.6 is 0 Å². The molecule has 0 amide bonds. The highest BCUT2D eigenvalue weighted by atomic mass is 32.2. The molecule has 0 unspecified atom stereocenters. The number of rotatable bonds is 6. The van der Waals surface area contributed by atoms with E-state index >= 15 is 0 Å². The average Bonchev–Trinajstić information content (AvgIpc) is 2.97. The minimum absolute atomic E-state index is 0.229. The molecule has 0 radical (unpaired) electrons. The van der Waals surface area contributed by atoms with Gasteiger partial charge in [-0.15, -0.1) is 0 Å². The summed E-state index contributed by atoms with van der Waals surface area (Å²) in [6.45, 7) is 1.88. The lowest BCUT2D eigenvalue weighted by Crippen LogP contribution is -2.43. The van der Waals surface area contributed by atoms with Crippen LogP contribution in [0, 0.1) is 12.7 Å². The smallest absolute Gasteiger partial charge is 0.186 e. The summed E-state index contributed by atoms with van der Waals surface area (Å²) < 4.78 is 70.0. The van der Waals surface area contributed by atoms with Crippen LogP contribution in [0.2, 0.25) is 0 Å². The number of aryl methyl sites for hydroxylation is 1. The zero-order valence-electron chi connectivity index (χ0n) is 15.6. The number of benzene rings is 2. The summed E-state index contributed by atoms with van der Waals surface area (Å²) in [5.41, 5.74) is 1.35. The van der Waals surface area contributed by atoms with Crippen LogP contribution in [0.3, 0.4) is 0 Å². The maximum atomic E-state index is 14.2. The van der Waals surface area contributed by atoms with Crippen molar-refractivity contribution in [2.75, 3.05) is 18.6 Å². The predicted molar refractivity (Wildman–Crippen MR) is 104 cm³/mol. The van der Waals surface area contributed by atoms with Gasteiger partial charge >= 0.3 is 0 Å². The first-order valence-electron chi connectivity index (χ1n) is 8.70. The van der Waals surface area contributed by atoms with Crippen molar-refractivity contribution in [1.82, 2.24) is 5.32 Å². The summed E-state index contributed by atoms with van der Waals surface area (Å²) in [6.07, 6.45) is 0. The van der Waals surface area contributed by atoms with E-state index in [-0.39, 0.29) is 12.3 Å². The van der Waals surface area contributed by atoms with E-state index in [1.54, 1.807) is 31.2 Å². The van der Waals surface area contributed by atoms with E-state index in [0.29, 0.717) is 11.3 Å². The third-order valence-corrected chi connectivity index (χ3v) is 9.00. The number of sulfone groups is 2. The van der Waals surface area contributed by atoms with Gasteiger partial charge in [0.15, 0.2) is 19.7 Å². The summed E-state index contributed by atoms with van der Waals surface area (Å²) in [6, 6.07) is 10.1. The molecular weight excluding hydrogens is 405 g/mol. The normalized spacial score (nSPS) is 21.5. The topological polar surface area (TPSA) is 89.5 Å². The molecule has 2 atom stereocenters. The van der Waals surface area contributed by atoms with E-state index in [9.17, 15) is 21.2 Å². The lowest BCUT2D eigenvalue weighted by Gasteiger charge is -2.21. The molecule has 1 N–H and O–H groups in total. The van der Waals surface area contributed by atoms with Crippen molar-refractivity contribution in [2.24, 2.45) is 0 Å². The second-order valence-electron chi connectivity index (χ2n) is 6.89. The molecule has 152 valence electrons. The van der Waals surface area contributed by atoms with E-state index in [0.717, 1.165) is 11.6 Å². The molecule has 9 heteroatoms. The number of methoxy groups -OCH3 is 1. The molecule has 1 fully saturated rings. The molecule has 2 aromatic carbocycles. The van der Waals surface area contributed by atoms with Crippen molar-refractivity contribution >= 4 is 19.7 Å². The van der Waals surface area contributed by atoms with Gasteiger partial charge in [-0.1, -0.05) is 24.3 Å². The van der Waals surface area contributed by atoms with Gasteiger partial charge in [0.25, 0.3) is 0 Å². The second kappa shape index (κ2) is 7.81. The van der Waals surface area contributed by atoms with Gasteiger partial charge in [0.05, 0.1) is 23.9 Å². The standard InChI is InChI=1S/C19H22FNO5S2/c1-13-7-8-15(20)18(9-13)28(24,25)19-12-27(22,23)11-16(19)21-10-14-5-3-4-6-17(14)26-2/h3-9,16,19,21H,10-12H2,1-2H3/t16-,19-/m0/s1. The van der Waals surface area contributed by atoms with Crippen molar-refractivity contribution in [3.05, 3.63) is 59.4 Å². The second-order valence-corrected chi connectivity index (χ2v) is 11.2. The Hall–Kier alpha value is -1.97. The summed E-state index contributed by atoms with van der Waals surface area (Å²) in [5, 5.41) is 1.77. The molecule has 1 aliphatic heterocycles. The van der Waals surface area contributed by atoms with Crippen molar-refractivity contribution in [3.8, 4) is 5.75 Å². The first-order chi connectivity index (χ1) is 13.1. The summed E-state index contributed by atoms with van der Waals surface area (Å²) in [4.78, 5) is -0.460. The lowest BCUT2D eigenvalue weighted by molar-refractivity contribution is 0.406. The van der Waals surface area contributed by atoms with Crippen molar-refractivity contribution in [3.63, 3.8) is 0 Å².